The van der Waals surface area contributed by atoms with E-state index in [4.69, 9.17) is 4.42 Å². The number of para-hydroxylation sites is 1. The van der Waals surface area contributed by atoms with Crippen molar-refractivity contribution in [1.82, 2.24) is 0 Å². The number of furan rings is 1. The fraction of sp³-hybridized carbons (Fsp3) is 0.529. The molecule has 1 aromatic carbocycles. The minimum absolute atomic E-state index is 0.340. The van der Waals surface area contributed by atoms with Gasteiger partial charge in [0.25, 0.3) is 0 Å². The highest BCUT2D eigenvalue weighted by atomic mass is 16.4. The Labute approximate surface area is 114 Å². The quantitative estimate of drug-likeness (QED) is 0.858. The monoisotopic (exact) mass is 258 g/mol. The summed E-state index contributed by atoms with van der Waals surface area (Å²) in [4.78, 5) is 0. The van der Waals surface area contributed by atoms with Crippen LogP contribution in [0.2, 0.25) is 0 Å². The summed E-state index contributed by atoms with van der Waals surface area (Å²) in [6.45, 7) is 4.61. The summed E-state index contributed by atoms with van der Waals surface area (Å²) in [5, 5.41) is 11.6. The van der Waals surface area contributed by atoms with E-state index in [0.717, 1.165) is 35.5 Å². The minimum Gasteiger partial charge on any atom is -0.458 e. The van der Waals surface area contributed by atoms with Crippen molar-refractivity contribution in [3.63, 3.8) is 0 Å². The second kappa shape index (κ2) is 5.01. The van der Waals surface area contributed by atoms with E-state index in [1.165, 1.54) is 6.42 Å². The van der Waals surface area contributed by atoms with Gasteiger partial charge in [-0.05, 0) is 42.7 Å². The first-order chi connectivity index (χ1) is 9.15. The lowest BCUT2D eigenvalue weighted by Crippen LogP contribution is -2.25. The van der Waals surface area contributed by atoms with E-state index in [9.17, 15) is 5.11 Å². The van der Waals surface area contributed by atoms with Crippen LogP contribution in [0.3, 0.4) is 0 Å². The largest absolute Gasteiger partial charge is 0.458 e. The van der Waals surface area contributed by atoms with Crippen molar-refractivity contribution in [3.8, 4) is 0 Å². The van der Waals surface area contributed by atoms with Crippen molar-refractivity contribution in [1.29, 1.82) is 0 Å². The normalized spacial score (nSPS) is 29.5. The molecule has 1 aliphatic carbocycles. The fourth-order valence-corrected chi connectivity index (χ4v) is 3.26. The number of hydrogen-bond donors (Lipinski definition) is 1. The second-order valence-electron chi connectivity index (χ2n) is 6.16. The molecule has 2 heteroatoms. The topological polar surface area (TPSA) is 33.4 Å². The van der Waals surface area contributed by atoms with Crippen molar-refractivity contribution in [2.45, 2.75) is 39.2 Å². The Morgan fingerprint density at radius 3 is 2.68 bits per heavy atom. The molecule has 0 spiro atoms. The van der Waals surface area contributed by atoms with E-state index in [-0.39, 0.29) is 0 Å². The van der Waals surface area contributed by atoms with Gasteiger partial charge < -0.3 is 9.52 Å². The number of hydrogen-bond acceptors (Lipinski definition) is 2. The molecule has 1 aromatic heterocycles. The molecule has 0 radical (unpaired) electrons. The zero-order valence-electron chi connectivity index (χ0n) is 11.7. The van der Waals surface area contributed by atoms with Crippen LogP contribution in [0, 0.1) is 17.8 Å². The SMILES string of the molecule is CC1CCC(C(O)c2cc3ccccc3o2)CC1C. The van der Waals surface area contributed by atoms with Gasteiger partial charge in [0.15, 0.2) is 0 Å². The standard InChI is InChI=1S/C17H22O2/c1-11-7-8-14(9-12(11)2)17(18)16-10-13-5-3-4-6-15(13)19-16/h3-6,10-12,14,17-18H,7-9H2,1-2H3. The molecule has 19 heavy (non-hydrogen) atoms. The molecule has 0 saturated heterocycles. The van der Waals surface area contributed by atoms with Crippen LogP contribution in [0.1, 0.15) is 45.0 Å². The molecule has 4 unspecified atom stereocenters. The minimum atomic E-state index is -0.456. The highest BCUT2D eigenvalue weighted by Gasteiger charge is 2.31. The zero-order valence-corrected chi connectivity index (χ0v) is 11.7. The van der Waals surface area contributed by atoms with Gasteiger partial charge in [-0.25, -0.2) is 0 Å². The van der Waals surface area contributed by atoms with Crippen LogP contribution in [0.15, 0.2) is 34.7 Å². The summed E-state index contributed by atoms with van der Waals surface area (Å²) >= 11 is 0. The molecule has 1 saturated carbocycles. The van der Waals surface area contributed by atoms with E-state index in [1.807, 2.05) is 30.3 Å². The molecule has 2 aromatic rings. The highest BCUT2D eigenvalue weighted by molar-refractivity contribution is 5.77. The summed E-state index contributed by atoms with van der Waals surface area (Å²) < 4.78 is 5.80. The Balaban J connectivity index is 1.81. The van der Waals surface area contributed by atoms with E-state index >= 15 is 0 Å². The lowest BCUT2D eigenvalue weighted by atomic mass is 9.73. The van der Waals surface area contributed by atoms with Crippen LogP contribution in [-0.2, 0) is 0 Å². The van der Waals surface area contributed by atoms with Gasteiger partial charge in [0.2, 0.25) is 0 Å². The molecule has 1 fully saturated rings. The van der Waals surface area contributed by atoms with Crippen LogP contribution in [0.25, 0.3) is 11.0 Å². The fourth-order valence-electron chi connectivity index (χ4n) is 3.26. The molecule has 4 atom stereocenters. The second-order valence-corrected chi connectivity index (χ2v) is 6.16. The van der Waals surface area contributed by atoms with Crippen molar-refractivity contribution in [3.05, 3.63) is 36.1 Å². The third kappa shape index (κ3) is 2.42. The Bertz CT molecular complexity index is 524. The van der Waals surface area contributed by atoms with Crippen molar-refractivity contribution in [2.24, 2.45) is 17.8 Å². The van der Waals surface area contributed by atoms with Crippen molar-refractivity contribution in [2.75, 3.05) is 0 Å². The number of rotatable bonds is 2. The van der Waals surface area contributed by atoms with Gasteiger partial charge >= 0.3 is 0 Å². The Hall–Kier alpha value is -1.28. The predicted octanol–water partition coefficient (Wildman–Crippen LogP) is 4.54. The summed E-state index contributed by atoms with van der Waals surface area (Å²) in [5.74, 6) is 2.54. The summed E-state index contributed by atoms with van der Waals surface area (Å²) in [5.41, 5.74) is 0.869. The molecule has 1 aliphatic rings. The van der Waals surface area contributed by atoms with Gasteiger partial charge in [-0.1, -0.05) is 38.5 Å². The summed E-state index contributed by atoms with van der Waals surface area (Å²) in [6, 6.07) is 9.94. The van der Waals surface area contributed by atoms with E-state index in [1.54, 1.807) is 0 Å². The Kier molecular flexibility index (Phi) is 3.36. The lowest BCUT2D eigenvalue weighted by molar-refractivity contribution is 0.0419. The third-order valence-corrected chi connectivity index (χ3v) is 4.82. The summed E-state index contributed by atoms with van der Waals surface area (Å²) in [7, 11) is 0. The molecule has 102 valence electrons. The van der Waals surface area contributed by atoms with Crippen LogP contribution < -0.4 is 0 Å². The first kappa shape index (κ1) is 12.7. The van der Waals surface area contributed by atoms with Gasteiger partial charge in [-0.15, -0.1) is 0 Å². The number of fused-ring (bicyclic) bond motifs is 1. The smallest absolute Gasteiger partial charge is 0.134 e. The maximum atomic E-state index is 10.6. The molecule has 0 amide bonds. The molecular weight excluding hydrogens is 236 g/mol. The van der Waals surface area contributed by atoms with Crippen LogP contribution in [-0.4, -0.2) is 5.11 Å². The molecule has 0 aliphatic heterocycles. The maximum absolute atomic E-state index is 10.6. The van der Waals surface area contributed by atoms with E-state index < -0.39 is 6.10 Å². The van der Waals surface area contributed by atoms with Crippen molar-refractivity contribution < 1.29 is 9.52 Å². The number of aliphatic hydroxyl groups excluding tert-OH is 1. The van der Waals surface area contributed by atoms with E-state index in [2.05, 4.69) is 13.8 Å². The Morgan fingerprint density at radius 2 is 1.95 bits per heavy atom. The maximum Gasteiger partial charge on any atom is 0.134 e. The highest BCUT2D eigenvalue weighted by Crippen LogP contribution is 2.40. The lowest BCUT2D eigenvalue weighted by Gasteiger charge is -2.33. The van der Waals surface area contributed by atoms with Crippen LogP contribution >= 0.6 is 0 Å². The molecule has 1 heterocycles. The average Bonchev–Trinajstić information content (AvgIpc) is 2.85. The molecule has 2 nitrogen and oxygen atoms in total. The van der Waals surface area contributed by atoms with E-state index in [0.29, 0.717) is 11.8 Å². The number of aliphatic hydroxyl groups is 1. The molecule has 3 rings (SSSR count). The number of benzene rings is 1. The first-order valence-electron chi connectivity index (χ1n) is 7.31. The van der Waals surface area contributed by atoms with Gasteiger partial charge in [-0.2, -0.15) is 0 Å². The van der Waals surface area contributed by atoms with Crippen LogP contribution in [0.5, 0.6) is 0 Å². The van der Waals surface area contributed by atoms with Gasteiger partial charge in [0.1, 0.15) is 17.4 Å². The Morgan fingerprint density at radius 1 is 1.16 bits per heavy atom. The third-order valence-electron chi connectivity index (χ3n) is 4.82. The van der Waals surface area contributed by atoms with Gasteiger partial charge in [-0.3, -0.25) is 0 Å². The van der Waals surface area contributed by atoms with Crippen LogP contribution in [0.4, 0.5) is 0 Å². The van der Waals surface area contributed by atoms with Gasteiger partial charge in [0, 0.05) is 5.39 Å². The molecule has 1 N–H and O–H groups in total. The summed E-state index contributed by atoms with van der Waals surface area (Å²) in [6.07, 6.45) is 2.95. The zero-order chi connectivity index (χ0) is 13.4. The average molecular weight is 258 g/mol. The molecular formula is C17H22O2. The van der Waals surface area contributed by atoms with Gasteiger partial charge in [0.05, 0.1) is 0 Å². The predicted molar refractivity (Wildman–Crippen MR) is 76.8 cm³/mol. The van der Waals surface area contributed by atoms with Crippen molar-refractivity contribution >= 4 is 11.0 Å². The molecule has 0 bridgehead atoms. The first-order valence-corrected chi connectivity index (χ1v) is 7.31.